The van der Waals surface area contributed by atoms with Gasteiger partial charge in [0, 0.05) is 6.54 Å². The minimum Gasteiger partial charge on any atom is -0.480 e. The van der Waals surface area contributed by atoms with Gasteiger partial charge in [-0.1, -0.05) is 18.8 Å². The molecule has 0 aromatic heterocycles. The van der Waals surface area contributed by atoms with Crippen LogP contribution in [0.3, 0.4) is 0 Å². The summed E-state index contributed by atoms with van der Waals surface area (Å²) in [6, 6.07) is 0. The zero-order chi connectivity index (χ0) is 10.4. The second kappa shape index (κ2) is 5.66. The highest BCUT2D eigenvalue weighted by Crippen LogP contribution is 2.25. The third kappa shape index (κ3) is 3.80. The van der Waals surface area contributed by atoms with Gasteiger partial charge in [-0.15, -0.1) is 6.42 Å². The Kier molecular flexibility index (Phi) is 4.48. The minimum absolute atomic E-state index is 0.0701. The lowest BCUT2D eigenvalue weighted by Crippen LogP contribution is -2.33. The van der Waals surface area contributed by atoms with Crippen molar-refractivity contribution in [1.29, 1.82) is 0 Å². The number of carboxylic acid groups (broad SMARTS) is 1. The van der Waals surface area contributed by atoms with Gasteiger partial charge < -0.3 is 5.11 Å². The zero-order valence-corrected chi connectivity index (χ0v) is 8.41. The quantitative estimate of drug-likeness (QED) is 0.670. The molecule has 0 aromatic rings. The second-order valence-corrected chi connectivity index (χ2v) is 3.92. The molecule has 0 aromatic carbocycles. The average Bonchev–Trinajstić information content (AvgIpc) is 2.56. The Balaban J connectivity index is 2.34. The summed E-state index contributed by atoms with van der Waals surface area (Å²) in [6.07, 6.45) is 10.2. The summed E-state index contributed by atoms with van der Waals surface area (Å²) in [5, 5.41) is 8.67. The molecule has 1 aliphatic rings. The summed E-state index contributed by atoms with van der Waals surface area (Å²) in [4.78, 5) is 12.4. The van der Waals surface area contributed by atoms with Crippen LogP contribution in [0.4, 0.5) is 0 Å². The molecule has 1 aliphatic carbocycles. The van der Waals surface area contributed by atoms with E-state index in [1.165, 1.54) is 25.7 Å². The van der Waals surface area contributed by atoms with E-state index >= 15 is 0 Å². The number of terminal acetylenes is 1. The molecule has 1 N–H and O–H groups in total. The van der Waals surface area contributed by atoms with Gasteiger partial charge in [0.25, 0.3) is 0 Å². The topological polar surface area (TPSA) is 40.5 Å². The number of carboxylic acids is 1. The first-order valence-corrected chi connectivity index (χ1v) is 5.10. The van der Waals surface area contributed by atoms with Crippen molar-refractivity contribution in [1.82, 2.24) is 4.90 Å². The van der Waals surface area contributed by atoms with Gasteiger partial charge in [0.15, 0.2) is 0 Å². The summed E-state index contributed by atoms with van der Waals surface area (Å²) in [5.74, 6) is 2.37. The van der Waals surface area contributed by atoms with Crippen LogP contribution < -0.4 is 0 Å². The van der Waals surface area contributed by atoms with Gasteiger partial charge in [-0.3, -0.25) is 9.69 Å². The molecular weight excluding hydrogens is 178 g/mol. The van der Waals surface area contributed by atoms with Crippen LogP contribution in [0.5, 0.6) is 0 Å². The number of hydrogen-bond acceptors (Lipinski definition) is 2. The van der Waals surface area contributed by atoms with Gasteiger partial charge in [0.05, 0.1) is 13.1 Å². The highest BCUT2D eigenvalue weighted by atomic mass is 16.4. The van der Waals surface area contributed by atoms with Crippen LogP contribution in [0.1, 0.15) is 25.7 Å². The molecule has 1 saturated carbocycles. The van der Waals surface area contributed by atoms with E-state index in [-0.39, 0.29) is 6.54 Å². The molecule has 0 aliphatic heterocycles. The fraction of sp³-hybridized carbons (Fsp3) is 0.727. The van der Waals surface area contributed by atoms with Crippen molar-refractivity contribution in [2.45, 2.75) is 25.7 Å². The van der Waals surface area contributed by atoms with Crippen LogP contribution in [-0.4, -0.2) is 35.6 Å². The molecule has 0 radical (unpaired) electrons. The SMILES string of the molecule is C#CCN(CC(=O)O)CC1CCCC1. The summed E-state index contributed by atoms with van der Waals surface area (Å²) < 4.78 is 0. The highest BCUT2D eigenvalue weighted by molar-refractivity contribution is 5.69. The molecule has 3 nitrogen and oxygen atoms in total. The van der Waals surface area contributed by atoms with Crippen molar-refractivity contribution in [2.75, 3.05) is 19.6 Å². The van der Waals surface area contributed by atoms with Gasteiger partial charge in [0.1, 0.15) is 0 Å². The third-order valence-electron chi connectivity index (χ3n) is 2.66. The van der Waals surface area contributed by atoms with Gasteiger partial charge in [0.2, 0.25) is 0 Å². The van der Waals surface area contributed by atoms with Crippen LogP contribution in [-0.2, 0) is 4.79 Å². The number of rotatable bonds is 5. The van der Waals surface area contributed by atoms with E-state index < -0.39 is 5.97 Å². The van der Waals surface area contributed by atoms with Crippen molar-refractivity contribution < 1.29 is 9.90 Å². The van der Waals surface area contributed by atoms with Gasteiger partial charge in [-0.25, -0.2) is 0 Å². The fourth-order valence-electron chi connectivity index (χ4n) is 2.06. The Labute approximate surface area is 85.1 Å². The molecular formula is C11H17NO2. The van der Waals surface area contributed by atoms with E-state index in [0.29, 0.717) is 12.5 Å². The van der Waals surface area contributed by atoms with Crippen molar-refractivity contribution >= 4 is 5.97 Å². The summed E-state index contributed by atoms with van der Waals surface area (Å²) in [6.45, 7) is 1.36. The maximum Gasteiger partial charge on any atom is 0.317 e. The zero-order valence-electron chi connectivity index (χ0n) is 8.41. The largest absolute Gasteiger partial charge is 0.480 e. The Morgan fingerprint density at radius 2 is 2.14 bits per heavy atom. The first kappa shape index (κ1) is 11.1. The summed E-state index contributed by atoms with van der Waals surface area (Å²) >= 11 is 0. The van der Waals surface area contributed by atoms with Gasteiger partial charge >= 0.3 is 5.97 Å². The van der Waals surface area contributed by atoms with Crippen molar-refractivity contribution in [3.8, 4) is 12.3 Å². The maximum absolute atomic E-state index is 10.5. The number of nitrogens with zero attached hydrogens (tertiary/aromatic N) is 1. The van der Waals surface area contributed by atoms with Gasteiger partial charge in [-0.05, 0) is 18.8 Å². The van der Waals surface area contributed by atoms with E-state index in [2.05, 4.69) is 5.92 Å². The van der Waals surface area contributed by atoms with Gasteiger partial charge in [-0.2, -0.15) is 0 Å². The molecule has 1 fully saturated rings. The lowest BCUT2D eigenvalue weighted by Gasteiger charge is -2.21. The first-order valence-electron chi connectivity index (χ1n) is 5.10. The van der Waals surface area contributed by atoms with E-state index in [1.54, 1.807) is 0 Å². The molecule has 3 heteroatoms. The molecule has 0 heterocycles. The summed E-state index contributed by atoms with van der Waals surface area (Å²) in [5.41, 5.74) is 0. The standard InChI is InChI=1S/C11H17NO2/c1-2-7-12(9-11(13)14)8-10-5-3-4-6-10/h1,10H,3-9H2,(H,13,14). The normalized spacial score (nSPS) is 17.1. The molecule has 0 atom stereocenters. The first-order chi connectivity index (χ1) is 6.72. The Morgan fingerprint density at radius 3 is 2.64 bits per heavy atom. The van der Waals surface area contributed by atoms with Crippen molar-refractivity contribution in [3.63, 3.8) is 0 Å². The maximum atomic E-state index is 10.5. The Bertz CT molecular complexity index is 226. The Hall–Kier alpha value is -1.01. The number of aliphatic carboxylic acids is 1. The molecule has 0 bridgehead atoms. The van der Waals surface area contributed by atoms with Crippen LogP contribution in [0.25, 0.3) is 0 Å². The second-order valence-electron chi connectivity index (χ2n) is 3.92. The molecule has 78 valence electrons. The monoisotopic (exact) mass is 195 g/mol. The van der Waals surface area contributed by atoms with Crippen LogP contribution >= 0.6 is 0 Å². The third-order valence-corrected chi connectivity index (χ3v) is 2.66. The van der Waals surface area contributed by atoms with E-state index in [4.69, 9.17) is 11.5 Å². The van der Waals surface area contributed by atoms with Crippen molar-refractivity contribution in [2.24, 2.45) is 5.92 Å². The van der Waals surface area contributed by atoms with Crippen LogP contribution in [0.15, 0.2) is 0 Å². The molecule has 0 spiro atoms. The molecule has 0 saturated heterocycles. The average molecular weight is 195 g/mol. The number of carbonyl (C=O) groups is 1. The predicted molar refractivity (Wildman–Crippen MR) is 54.9 cm³/mol. The summed E-state index contributed by atoms with van der Waals surface area (Å²) in [7, 11) is 0. The van der Waals surface area contributed by atoms with Crippen LogP contribution in [0, 0.1) is 18.3 Å². The van der Waals surface area contributed by atoms with E-state index in [9.17, 15) is 4.79 Å². The minimum atomic E-state index is -0.793. The van der Waals surface area contributed by atoms with Crippen LogP contribution in [0.2, 0.25) is 0 Å². The molecule has 0 unspecified atom stereocenters. The van der Waals surface area contributed by atoms with E-state index in [0.717, 1.165) is 6.54 Å². The molecule has 14 heavy (non-hydrogen) atoms. The number of hydrogen-bond donors (Lipinski definition) is 1. The Morgan fingerprint density at radius 1 is 1.50 bits per heavy atom. The lowest BCUT2D eigenvalue weighted by atomic mass is 10.1. The smallest absolute Gasteiger partial charge is 0.317 e. The fourth-order valence-corrected chi connectivity index (χ4v) is 2.06. The highest BCUT2D eigenvalue weighted by Gasteiger charge is 2.19. The van der Waals surface area contributed by atoms with Crippen molar-refractivity contribution in [3.05, 3.63) is 0 Å². The van der Waals surface area contributed by atoms with E-state index in [1.807, 2.05) is 4.90 Å². The predicted octanol–water partition coefficient (Wildman–Crippen LogP) is 1.20. The lowest BCUT2D eigenvalue weighted by molar-refractivity contribution is -0.138. The molecule has 1 rings (SSSR count). The molecule has 0 amide bonds.